The molecule has 0 saturated carbocycles. The van der Waals surface area contributed by atoms with Gasteiger partial charge in [-0.25, -0.2) is 4.39 Å². The summed E-state index contributed by atoms with van der Waals surface area (Å²) in [7, 11) is -2.35. The van der Waals surface area contributed by atoms with Crippen LogP contribution in [-0.2, 0) is 10.4 Å². The molecule has 20 heavy (non-hydrogen) atoms. The fourth-order valence-corrected chi connectivity index (χ4v) is 1.66. The first-order valence-corrected chi connectivity index (χ1v) is 7.79. The van der Waals surface area contributed by atoms with Crippen LogP contribution in [0.15, 0.2) is 24.3 Å². The Bertz CT molecular complexity index is 493. The Balaban J connectivity index is 0.000000396. The lowest BCUT2D eigenvalue weighted by atomic mass is 10.3. The van der Waals surface area contributed by atoms with Crippen molar-refractivity contribution in [2.24, 2.45) is 0 Å². The van der Waals surface area contributed by atoms with Crippen LogP contribution in [0.3, 0.4) is 0 Å². The van der Waals surface area contributed by atoms with Crippen LogP contribution in [-0.4, -0.2) is 44.1 Å². The summed E-state index contributed by atoms with van der Waals surface area (Å²) < 4.78 is 46.1. The molecule has 0 saturated heterocycles. The molecule has 0 aromatic heterocycles. The number of para-hydroxylation sites is 1. The van der Waals surface area contributed by atoms with Crippen molar-refractivity contribution in [1.82, 2.24) is 0 Å². The molecule has 7 heteroatoms. The number of rotatable bonds is 5. The van der Waals surface area contributed by atoms with Crippen molar-refractivity contribution < 1.29 is 26.0 Å². The predicted octanol–water partition coefficient (Wildman–Crippen LogP) is 2.50. The van der Waals surface area contributed by atoms with Gasteiger partial charge in [0.1, 0.15) is 0 Å². The molecule has 116 valence electrons. The average molecular weight is 308 g/mol. The molecule has 0 atom stereocenters. The smallest absolute Gasteiger partial charge is 0.359 e. The molecule has 1 aromatic rings. The molecule has 0 amide bonds. The van der Waals surface area contributed by atoms with Crippen LogP contribution in [0.1, 0.15) is 20.8 Å². The Morgan fingerprint density at radius 1 is 1.15 bits per heavy atom. The normalized spacial score (nSPS) is 11.5. The van der Waals surface area contributed by atoms with Gasteiger partial charge in [0.2, 0.25) is 0 Å². The topological polar surface area (TPSA) is 63.6 Å². The highest BCUT2D eigenvalue weighted by Gasteiger charge is 2.11. The third-order valence-corrected chi connectivity index (χ3v) is 3.71. The third kappa shape index (κ3) is 7.42. The van der Waals surface area contributed by atoms with E-state index in [0.717, 1.165) is 12.1 Å². The van der Waals surface area contributed by atoms with Gasteiger partial charge >= 0.3 is 10.4 Å². The maximum atomic E-state index is 12.6. The van der Waals surface area contributed by atoms with E-state index in [1.165, 1.54) is 36.3 Å². The van der Waals surface area contributed by atoms with Crippen molar-refractivity contribution in [2.75, 3.05) is 26.7 Å². The van der Waals surface area contributed by atoms with Gasteiger partial charge in [-0.3, -0.25) is 4.55 Å². The van der Waals surface area contributed by atoms with Crippen LogP contribution in [0, 0.1) is 5.82 Å². The zero-order valence-corrected chi connectivity index (χ0v) is 13.2. The van der Waals surface area contributed by atoms with Gasteiger partial charge in [0.15, 0.2) is 11.6 Å². The Morgan fingerprint density at radius 2 is 1.60 bits per heavy atom. The third-order valence-electron chi connectivity index (χ3n) is 3.32. The first-order chi connectivity index (χ1) is 9.17. The van der Waals surface area contributed by atoms with Crippen molar-refractivity contribution in [3.8, 4) is 5.75 Å². The minimum atomic E-state index is -4.64. The zero-order valence-electron chi connectivity index (χ0n) is 12.3. The highest BCUT2D eigenvalue weighted by atomic mass is 32.3. The summed E-state index contributed by atoms with van der Waals surface area (Å²) in [6.45, 7) is 10.5. The van der Waals surface area contributed by atoms with Crippen molar-refractivity contribution in [1.29, 1.82) is 0 Å². The molecule has 0 bridgehead atoms. The molecule has 0 heterocycles. The number of halogens is 1. The highest BCUT2D eigenvalue weighted by molar-refractivity contribution is 7.81. The summed E-state index contributed by atoms with van der Waals surface area (Å²) in [6.07, 6.45) is 0. The Morgan fingerprint density at radius 3 is 1.90 bits per heavy atom. The molecule has 0 fully saturated rings. The van der Waals surface area contributed by atoms with E-state index in [1.807, 2.05) is 0 Å². The molecule has 0 spiro atoms. The molecule has 0 aliphatic rings. The van der Waals surface area contributed by atoms with Gasteiger partial charge in [0.05, 0.1) is 26.7 Å². The maximum absolute atomic E-state index is 12.6. The summed E-state index contributed by atoms with van der Waals surface area (Å²) in [6, 6.07) is 4.85. The van der Waals surface area contributed by atoms with Gasteiger partial charge in [-0.05, 0) is 32.9 Å². The Kier molecular flexibility index (Phi) is 7.70. The largest absolute Gasteiger partial charge is 0.446 e. The Hall–Kier alpha value is -1.18. The molecule has 0 radical (unpaired) electrons. The van der Waals surface area contributed by atoms with Crippen molar-refractivity contribution in [2.45, 2.75) is 20.8 Å². The van der Waals surface area contributed by atoms with E-state index in [0.29, 0.717) is 0 Å². The molecule has 5 nitrogen and oxygen atoms in total. The van der Waals surface area contributed by atoms with E-state index in [4.69, 9.17) is 4.55 Å². The van der Waals surface area contributed by atoms with Crippen molar-refractivity contribution >= 4 is 10.4 Å². The lowest BCUT2D eigenvalue weighted by molar-refractivity contribution is -0.904. The van der Waals surface area contributed by atoms with Crippen molar-refractivity contribution in [3.05, 3.63) is 30.1 Å². The molecular formula is C13H23FNO4S+. The van der Waals surface area contributed by atoms with Crippen LogP contribution in [0.4, 0.5) is 4.39 Å². The van der Waals surface area contributed by atoms with Crippen LogP contribution >= 0.6 is 0 Å². The van der Waals surface area contributed by atoms with Crippen LogP contribution in [0.2, 0.25) is 0 Å². The van der Waals surface area contributed by atoms with Gasteiger partial charge in [0.25, 0.3) is 0 Å². The Labute approximate surface area is 120 Å². The quantitative estimate of drug-likeness (QED) is 0.670. The van der Waals surface area contributed by atoms with Crippen LogP contribution < -0.4 is 4.18 Å². The lowest BCUT2D eigenvalue weighted by Gasteiger charge is -2.30. The first-order valence-electron chi connectivity index (χ1n) is 6.42. The second-order valence-corrected chi connectivity index (χ2v) is 5.53. The van der Waals surface area contributed by atoms with Crippen LogP contribution in [0.5, 0.6) is 5.75 Å². The fraction of sp³-hybridized carbons (Fsp3) is 0.538. The monoisotopic (exact) mass is 308 g/mol. The van der Waals surface area contributed by atoms with E-state index in [2.05, 4.69) is 32.0 Å². The molecule has 1 rings (SSSR count). The molecule has 1 aromatic carbocycles. The van der Waals surface area contributed by atoms with Gasteiger partial charge in [-0.2, -0.15) is 8.42 Å². The number of hydrogen-bond acceptors (Lipinski definition) is 3. The average Bonchev–Trinajstić information content (AvgIpc) is 2.40. The standard InChI is InChI=1S/C7H18N.C6H5FO4S/c1-5-8(4,6-2)7-3;7-5-3-1-2-4-6(5)11-12(8,9)10/h5-7H2,1-4H3;1-4H,(H,8,9,10)/q+1;. The van der Waals surface area contributed by atoms with Gasteiger partial charge < -0.3 is 8.67 Å². The summed E-state index contributed by atoms with van der Waals surface area (Å²) in [5.41, 5.74) is 0. The lowest BCUT2D eigenvalue weighted by Crippen LogP contribution is -2.42. The number of nitrogens with zero attached hydrogens (tertiary/aromatic N) is 1. The molecule has 0 aliphatic heterocycles. The second kappa shape index (κ2) is 8.18. The summed E-state index contributed by atoms with van der Waals surface area (Å²) in [5, 5.41) is 0. The number of quaternary nitrogens is 1. The highest BCUT2D eigenvalue weighted by Crippen LogP contribution is 2.16. The fourth-order valence-electron chi connectivity index (χ4n) is 1.30. The summed E-state index contributed by atoms with van der Waals surface area (Å²) >= 11 is 0. The first kappa shape index (κ1) is 18.8. The molecule has 0 aliphatic carbocycles. The van der Waals surface area contributed by atoms with E-state index in [-0.39, 0.29) is 0 Å². The zero-order chi connectivity index (χ0) is 15.8. The minimum Gasteiger partial charge on any atom is -0.359 e. The van der Waals surface area contributed by atoms with E-state index in [1.54, 1.807) is 0 Å². The summed E-state index contributed by atoms with van der Waals surface area (Å²) in [5.74, 6) is -1.38. The van der Waals surface area contributed by atoms with E-state index in [9.17, 15) is 12.8 Å². The predicted molar refractivity (Wildman–Crippen MR) is 76.4 cm³/mol. The molecule has 1 N–H and O–H groups in total. The van der Waals surface area contributed by atoms with Crippen molar-refractivity contribution in [3.63, 3.8) is 0 Å². The van der Waals surface area contributed by atoms with E-state index >= 15 is 0 Å². The summed E-state index contributed by atoms with van der Waals surface area (Å²) in [4.78, 5) is 0. The maximum Gasteiger partial charge on any atom is 0.446 e. The van der Waals surface area contributed by atoms with E-state index < -0.39 is 22.0 Å². The van der Waals surface area contributed by atoms with Gasteiger partial charge in [-0.1, -0.05) is 12.1 Å². The van der Waals surface area contributed by atoms with Gasteiger partial charge in [-0.15, -0.1) is 0 Å². The minimum absolute atomic E-state index is 0.528. The SMILES string of the molecule is CC[N+](C)(CC)CC.O=S(=O)(O)Oc1ccccc1F. The second-order valence-electron chi connectivity index (χ2n) is 4.51. The number of benzene rings is 1. The van der Waals surface area contributed by atoms with Gasteiger partial charge in [0, 0.05) is 0 Å². The van der Waals surface area contributed by atoms with Crippen LogP contribution in [0.25, 0.3) is 0 Å². The number of hydrogen-bond donors (Lipinski definition) is 1. The molecular weight excluding hydrogens is 285 g/mol. The molecule has 0 unspecified atom stereocenters.